The van der Waals surface area contributed by atoms with Crippen molar-refractivity contribution in [1.82, 2.24) is 4.57 Å². The maximum Gasteiger partial charge on any atom is 0.416 e. The van der Waals surface area contributed by atoms with Crippen LogP contribution in [-0.2, 0) is 12.7 Å². The zero-order valence-electron chi connectivity index (χ0n) is 14.2. The average Bonchev–Trinajstić information content (AvgIpc) is 3.18. The summed E-state index contributed by atoms with van der Waals surface area (Å²) in [6.45, 7) is 4.20. The minimum absolute atomic E-state index is 0.304. The van der Waals surface area contributed by atoms with Crippen molar-refractivity contribution in [2.75, 3.05) is 5.32 Å². The molecule has 0 saturated heterocycles. The number of rotatable bonds is 4. The van der Waals surface area contributed by atoms with Crippen LogP contribution in [0.4, 0.5) is 18.9 Å². The average molecular weight is 362 g/mol. The molecule has 0 bridgehead atoms. The summed E-state index contributed by atoms with van der Waals surface area (Å²) in [4.78, 5) is 12.5. The van der Waals surface area contributed by atoms with Crippen LogP contribution in [0, 0.1) is 13.8 Å². The molecular weight excluding hydrogens is 345 g/mol. The molecule has 0 saturated carbocycles. The number of furan rings is 1. The maximum atomic E-state index is 12.6. The van der Waals surface area contributed by atoms with Gasteiger partial charge in [-0.05, 0) is 56.3 Å². The van der Waals surface area contributed by atoms with Gasteiger partial charge in [0.05, 0.1) is 23.9 Å². The van der Waals surface area contributed by atoms with E-state index in [1.807, 2.05) is 24.5 Å². The van der Waals surface area contributed by atoms with E-state index in [-0.39, 0.29) is 5.91 Å². The quantitative estimate of drug-likeness (QED) is 0.709. The van der Waals surface area contributed by atoms with E-state index in [0.717, 1.165) is 29.3 Å². The van der Waals surface area contributed by atoms with E-state index in [0.29, 0.717) is 17.8 Å². The summed E-state index contributed by atoms with van der Waals surface area (Å²) in [5, 5.41) is 2.63. The molecule has 0 unspecified atom stereocenters. The predicted molar refractivity (Wildman–Crippen MR) is 91.1 cm³/mol. The van der Waals surface area contributed by atoms with Gasteiger partial charge in [0.15, 0.2) is 0 Å². The number of nitrogens with one attached hydrogen (secondary N) is 1. The topological polar surface area (TPSA) is 47.2 Å². The number of nitrogens with zero attached hydrogens (tertiary/aromatic N) is 1. The van der Waals surface area contributed by atoms with E-state index in [9.17, 15) is 18.0 Å². The van der Waals surface area contributed by atoms with Gasteiger partial charge < -0.3 is 14.3 Å². The van der Waals surface area contributed by atoms with Crippen molar-refractivity contribution in [1.29, 1.82) is 0 Å². The SMILES string of the molecule is Cc1cc(C(=O)Nc2ccc(C(F)(F)F)cc2)c(C)n1Cc1ccco1. The van der Waals surface area contributed by atoms with Gasteiger partial charge in [-0.2, -0.15) is 13.2 Å². The Balaban J connectivity index is 1.78. The number of aromatic nitrogens is 1. The maximum absolute atomic E-state index is 12.6. The van der Waals surface area contributed by atoms with Crippen LogP contribution in [0.2, 0.25) is 0 Å². The number of benzene rings is 1. The lowest BCUT2D eigenvalue weighted by Crippen LogP contribution is -2.14. The molecule has 0 aliphatic rings. The fourth-order valence-corrected chi connectivity index (χ4v) is 2.77. The van der Waals surface area contributed by atoms with Gasteiger partial charge in [0, 0.05) is 17.1 Å². The first kappa shape index (κ1) is 17.8. The predicted octanol–water partition coefficient (Wildman–Crippen LogP) is 5.02. The van der Waals surface area contributed by atoms with Crippen molar-refractivity contribution in [3.05, 3.63) is 77.0 Å². The molecule has 0 radical (unpaired) electrons. The smallest absolute Gasteiger partial charge is 0.416 e. The Hall–Kier alpha value is -2.96. The number of amides is 1. The molecule has 7 heteroatoms. The Morgan fingerprint density at radius 3 is 2.42 bits per heavy atom. The van der Waals surface area contributed by atoms with E-state index in [1.54, 1.807) is 18.4 Å². The third-order valence-electron chi connectivity index (χ3n) is 4.18. The Kier molecular flexibility index (Phi) is 4.63. The molecule has 1 N–H and O–H groups in total. The van der Waals surface area contributed by atoms with Crippen LogP contribution < -0.4 is 5.32 Å². The van der Waals surface area contributed by atoms with E-state index in [2.05, 4.69) is 5.32 Å². The van der Waals surface area contributed by atoms with Crippen molar-refractivity contribution in [2.24, 2.45) is 0 Å². The molecule has 2 aromatic heterocycles. The summed E-state index contributed by atoms with van der Waals surface area (Å²) in [7, 11) is 0. The molecule has 1 amide bonds. The Bertz CT molecular complexity index is 908. The zero-order valence-corrected chi connectivity index (χ0v) is 14.2. The monoisotopic (exact) mass is 362 g/mol. The number of alkyl halides is 3. The van der Waals surface area contributed by atoms with Crippen molar-refractivity contribution in [3.63, 3.8) is 0 Å². The summed E-state index contributed by atoms with van der Waals surface area (Å²) in [6, 6.07) is 9.75. The molecule has 0 fully saturated rings. The lowest BCUT2D eigenvalue weighted by Gasteiger charge is -2.10. The summed E-state index contributed by atoms with van der Waals surface area (Å²) in [5.41, 5.74) is 1.65. The Labute approximate surface area is 148 Å². The standard InChI is InChI=1S/C19H17F3N2O2/c1-12-10-17(13(2)24(12)11-16-4-3-9-26-16)18(25)23-15-7-5-14(6-8-15)19(20,21)22/h3-10H,11H2,1-2H3,(H,23,25). The van der Waals surface area contributed by atoms with Crippen molar-refractivity contribution >= 4 is 11.6 Å². The van der Waals surface area contributed by atoms with Gasteiger partial charge in [-0.15, -0.1) is 0 Å². The summed E-state index contributed by atoms with van der Waals surface area (Å²) in [6.07, 6.45) is -2.82. The van der Waals surface area contributed by atoms with Crippen LogP contribution in [0.15, 0.2) is 53.1 Å². The number of aryl methyl sites for hydroxylation is 1. The summed E-state index contributed by atoms with van der Waals surface area (Å²) >= 11 is 0. The second kappa shape index (κ2) is 6.74. The van der Waals surface area contributed by atoms with Crippen LogP contribution >= 0.6 is 0 Å². The summed E-state index contributed by atoms with van der Waals surface area (Å²) in [5.74, 6) is 0.394. The van der Waals surface area contributed by atoms with Gasteiger partial charge in [-0.1, -0.05) is 0 Å². The number of carbonyl (C=O) groups is 1. The van der Waals surface area contributed by atoms with Gasteiger partial charge in [-0.3, -0.25) is 4.79 Å². The molecule has 0 spiro atoms. The first-order chi connectivity index (χ1) is 12.3. The number of hydrogen-bond donors (Lipinski definition) is 1. The number of anilines is 1. The number of halogens is 3. The van der Waals surface area contributed by atoms with Crippen molar-refractivity contribution < 1.29 is 22.4 Å². The number of hydrogen-bond acceptors (Lipinski definition) is 2. The molecule has 0 aliphatic carbocycles. The highest BCUT2D eigenvalue weighted by Gasteiger charge is 2.30. The molecule has 3 aromatic rings. The fraction of sp³-hybridized carbons (Fsp3) is 0.211. The first-order valence-corrected chi connectivity index (χ1v) is 7.93. The Morgan fingerprint density at radius 2 is 1.85 bits per heavy atom. The van der Waals surface area contributed by atoms with E-state index in [4.69, 9.17) is 4.42 Å². The van der Waals surface area contributed by atoms with Crippen molar-refractivity contribution in [3.8, 4) is 0 Å². The van der Waals surface area contributed by atoms with E-state index in [1.165, 1.54) is 12.1 Å². The minimum Gasteiger partial charge on any atom is -0.467 e. The highest BCUT2D eigenvalue weighted by Crippen LogP contribution is 2.30. The fourth-order valence-electron chi connectivity index (χ4n) is 2.77. The van der Waals surface area contributed by atoms with Gasteiger partial charge >= 0.3 is 6.18 Å². The van der Waals surface area contributed by atoms with Crippen LogP contribution in [0.3, 0.4) is 0 Å². The van der Waals surface area contributed by atoms with Crippen LogP contribution in [0.1, 0.15) is 33.1 Å². The third-order valence-corrected chi connectivity index (χ3v) is 4.18. The first-order valence-electron chi connectivity index (χ1n) is 7.93. The number of carbonyl (C=O) groups excluding carboxylic acids is 1. The largest absolute Gasteiger partial charge is 0.467 e. The molecule has 3 rings (SSSR count). The molecule has 0 aliphatic heterocycles. The second-order valence-corrected chi connectivity index (χ2v) is 5.98. The van der Waals surface area contributed by atoms with E-state index < -0.39 is 11.7 Å². The Morgan fingerprint density at radius 1 is 1.15 bits per heavy atom. The van der Waals surface area contributed by atoms with Crippen LogP contribution in [0.25, 0.3) is 0 Å². The second-order valence-electron chi connectivity index (χ2n) is 5.98. The van der Waals surface area contributed by atoms with Gasteiger partial charge in [0.2, 0.25) is 0 Å². The minimum atomic E-state index is -4.40. The highest BCUT2D eigenvalue weighted by atomic mass is 19.4. The van der Waals surface area contributed by atoms with Gasteiger partial charge in [-0.25, -0.2) is 0 Å². The molecule has 1 aromatic carbocycles. The zero-order chi connectivity index (χ0) is 18.9. The summed E-state index contributed by atoms with van der Waals surface area (Å²) < 4.78 is 45.1. The lowest BCUT2D eigenvalue weighted by molar-refractivity contribution is -0.137. The lowest BCUT2D eigenvalue weighted by atomic mass is 10.2. The van der Waals surface area contributed by atoms with Crippen molar-refractivity contribution in [2.45, 2.75) is 26.6 Å². The van der Waals surface area contributed by atoms with Gasteiger partial charge in [0.25, 0.3) is 5.91 Å². The molecule has 4 nitrogen and oxygen atoms in total. The molecule has 26 heavy (non-hydrogen) atoms. The van der Waals surface area contributed by atoms with E-state index >= 15 is 0 Å². The molecular formula is C19H17F3N2O2. The molecule has 0 atom stereocenters. The molecule has 2 heterocycles. The van der Waals surface area contributed by atoms with Crippen LogP contribution in [-0.4, -0.2) is 10.5 Å². The van der Waals surface area contributed by atoms with Crippen LogP contribution in [0.5, 0.6) is 0 Å². The highest BCUT2D eigenvalue weighted by molar-refractivity contribution is 6.05. The third kappa shape index (κ3) is 3.66. The van der Waals surface area contributed by atoms with Gasteiger partial charge in [0.1, 0.15) is 5.76 Å². The molecule has 136 valence electrons. The normalized spacial score (nSPS) is 11.6.